The average Bonchev–Trinajstić information content (AvgIpc) is 2.47. The van der Waals surface area contributed by atoms with Gasteiger partial charge in [-0.1, -0.05) is 27.7 Å². The molecule has 0 aromatic heterocycles. The first-order chi connectivity index (χ1) is 8.84. The first-order valence-corrected chi connectivity index (χ1v) is 8.63. The van der Waals surface area contributed by atoms with Crippen molar-refractivity contribution in [1.29, 1.82) is 0 Å². The van der Waals surface area contributed by atoms with Crippen molar-refractivity contribution < 1.29 is 0 Å². The molecule has 4 heteroatoms. The fourth-order valence-corrected chi connectivity index (χ4v) is 3.37. The van der Waals surface area contributed by atoms with Crippen molar-refractivity contribution in [2.24, 2.45) is 0 Å². The molecule has 1 saturated heterocycles. The highest BCUT2D eigenvalue weighted by atomic mass is 32.2. The summed E-state index contributed by atoms with van der Waals surface area (Å²) in [6, 6.07) is 8.09. The Bertz CT molecular complexity index is 282. The van der Waals surface area contributed by atoms with Crippen LogP contribution in [-0.2, 0) is 0 Å². The molecule has 2 rings (SSSR count). The summed E-state index contributed by atoms with van der Waals surface area (Å²) in [5.41, 5.74) is 6.47. The Morgan fingerprint density at radius 2 is 1.50 bits per heavy atom. The Labute approximate surface area is 121 Å². The van der Waals surface area contributed by atoms with Crippen molar-refractivity contribution >= 4 is 29.4 Å². The molecule has 2 nitrogen and oxygen atoms in total. The smallest absolute Gasteiger partial charge is 0.0314 e. The molecule has 0 radical (unpaired) electrons. The molecule has 18 heavy (non-hydrogen) atoms. The SMILES string of the molecule is CC.CC.Nc1ccc(SN2CCSCC2)cc1. The number of hydrogen-bond acceptors (Lipinski definition) is 4. The van der Waals surface area contributed by atoms with E-state index in [-0.39, 0.29) is 0 Å². The van der Waals surface area contributed by atoms with Crippen LogP contribution in [0.1, 0.15) is 27.7 Å². The number of nitrogens with zero attached hydrogens (tertiary/aromatic N) is 1. The molecule has 1 heterocycles. The van der Waals surface area contributed by atoms with Gasteiger partial charge in [-0.05, 0) is 36.2 Å². The van der Waals surface area contributed by atoms with E-state index in [1.807, 2.05) is 63.5 Å². The Balaban J connectivity index is 0.000000659. The van der Waals surface area contributed by atoms with Gasteiger partial charge in [0.05, 0.1) is 0 Å². The van der Waals surface area contributed by atoms with Gasteiger partial charge in [0.25, 0.3) is 0 Å². The molecular weight excluding hydrogens is 260 g/mol. The molecule has 0 amide bonds. The number of nitrogen functional groups attached to an aromatic ring is 1. The molecule has 0 saturated carbocycles. The van der Waals surface area contributed by atoms with Gasteiger partial charge in [0.15, 0.2) is 0 Å². The lowest BCUT2D eigenvalue weighted by molar-refractivity contribution is 0.522. The van der Waals surface area contributed by atoms with Crippen LogP contribution >= 0.6 is 23.7 Å². The van der Waals surface area contributed by atoms with Crippen LogP contribution in [0.25, 0.3) is 0 Å². The molecule has 1 aliphatic heterocycles. The van der Waals surface area contributed by atoms with E-state index in [9.17, 15) is 0 Å². The summed E-state index contributed by atoms with van der Waals surface area (Å²) in [5, 5.41) is 0. The van der Waals surface area contributed by atoms with Gasteiger partial charge in [0, 0.05) is 35.2 Å². The quantitative estimate of drug-likeness (QED) is 0.645. The second kappa shape index (κ2) is 11.8. The number of nitrogens with two attached hydrogens (primary N) is 1. The fourth-order valence-electron chi connectivity index (χ4n) is 1.32. The van der Waals surface area contributed by atoms with E-state index in [0.717, 1.165) is 5.69 Å². The minimum Gasteiger partial charge on any atom is -0.399 e. The Hall–Kier alpha value is -0.320. The lowest BCUT2D eigenvalue weighted by Gasteiger charge is -2.24. The van der Waals surface area contributed by atoms with Crippen LogP contribution in [0.3, 0.4) is 0 Å². The van der Waals surface area contributed by atoms with Crippen molar-refractivity contribution in [3.8, 4) is 0 Å². The molecule has 0 unspecified atom stereocenters. The number of benzene rings is 1. The highest BCUT2D eigenvalue weighted by molar-refractivity contribution is 8.00. The van der Waals surface area contributed by atoms with Crippen LogP contribution in [0.15, 0.2) is 29.2 Å². The van der Waals surface area contributed by atoms with E-state index in [4.69, 9.17) is 5.73 Å². The van der Waals surface area contributed by atoms with Gasteiger partial charge < -0.3 is 5.73 Å². The molecule has 0 aliphatic carbocycles. The van der Waals surface area contributed by atoms with Gasteiger partial charge in [-0.15, -0.1) is 0 Å². The van der Waals surface area contributed by atoms with Crippen molar-refractivity contribution in [3.63, 3.8) is 0 Å². The van der Waals surface area contributed by atoms with E-state index in [0.29, 0.717) is 0 Å². The van der Waals surface area contributed by atoms with Crippen LogP contribution in [0.5, 0.6) is 0 Å². The molecule has 1 fully saturated rings. The molecule has 1 aliphatic rings. The predicted octanol–water partition coefficient (Wildman–Crippen LogP) is 4.38. The van der Waals surface area contributed by atoms with Crippen molar-refractivity contribution in [2.45, 2.75) is 32.6 Å². The van der Waals surface area contributed by atoms with Crippen LogP contribution in [0.2, 0.25) is 0 Å². The lowest BCUT2D eigenvalue weighted by atomic mass is 10.3. The first-order valence-electron chi connectivity index (χ1n) is 6.71. The molecule has 0 bridgehead atoms. The van der Waals surface area contributed by atoms with Crippen LogP contribution in [-0.4, -0.2) is 28.9 Å². The van der Waals surface area contributed by atoms with E-state index in [2.05, 4.69) is 16.4 Å². The maximum Gasteiger partial charge on any atom is 0.0314 e. The molecule has 2 N–H and O–H groups in total. The van der Waals surface area contributed by atoms with Gasteiger partial charge in [0.2, 0.25) is 0 Å². The topological polar surface area (TPSA) is 29.3 Å². The lowest BCUT2D eigenvalue weighted by Crippen LogP contribution is -2.26. The van der Waals surface area contributed by atoms with Crippen molar-refractivity contribution in [1.82, 2.24) is 4.31 Å². The molecule has 1 aromatic carbocycles. The first kappa shape index (κ1) is 17.7. The third-order valence-corrected chi connectivity index (χ3v) is 4.13. The van der Waals surface area contributed by atoms with Gasteiger partial charge in [0.1, 0.15) is 0 Å². The maximum absolute atomic E-state index is 5.63. The summed E-state index contributed by atoms with van der Waals surface area (Å²) in [5.74, 6) is 2.50. The van der Waals surface area contributed by atoms with E-state index in [1.54, 1.807) is 0 Å². The highest BCUT2D eigenvalue weighted by Gasteiger charge is 2.11. The summed E-state index contributed by atoms with van der Waals surface area (Å²) >= 11 is 3.87. The summed E-state index contributed by atoms with van der Waals surface area (Å²) in [7, 11) is 0. The maximum atomic E-state index is 5.63. The fraction of sp³-hybridized carbons (Fsp3) is 0.571. The van der Waals surface area contributed by atoms with Gasteiger partial charge >= 0.3 is 0 Å². The zero-order valence-corrected chi connectivity index (χ0v) is 13.6. The molecular formula is C14H26N2S2. The second-order valence-corrected chi connectivity index (χ2v) is 5.60. The van der Waals surface area contributed by atoms with E-state index in [1.165, 1.54) is 29.5 Å². The van der Waals surface area contributed by atoms with Crippen LogP contribution in [0, 0.1) is 0 Å². The monoisotopic (exact) mass is 286 g/mol. The van der Waals surface area contributed by atoms with Gasteiger partial charge in [-0.3, -0.25) is 0 Å². The molecule has 104 valence electrons. The largest absolute Gasteiger partial charge is 0.399 e. The summed E-state index contributed by atoms with van der Waals surface area (Å²) in [6.07, 6.45) is 0. The normalized spacial score (nSPS) is 14.9. The molecule has 0 spiro atoms. The van der Waals surface area contributed by atoms with Crippen molar-refractivity contribution in [3.05, 3.63) is 24.3 Å². The minimum absolute atomic E-state index is 0.837. The second-order valence-electron chi connectivity index (χ2n) is 3.20. The van der Waals surface area contributed by atoms with E-state index < -0.39 is 0 Å². The van der Waals surface area contributed by atoms with E-state index >= 15 is 0 Å². The average molecular weight is 287 g/mol. The number of hydrogen-bond donors (Lipinski definition) is 1. The third kappa shape index (κ3) is 7.19. The zero-order valence-electron chi connectivity index (χ0n) is 12.0. The number of thioether (sulfide) groups is 1. The van der Waals surface area contributed by atoms with Crippen molar-refractivity contribution in [2.75, 3.05) is 30.3 Å². The standard InChI is InChI=1S/C10H14N2S2.2C2H6/c11-9-1-3-10(4-2-9)14-12-5-7-13-8-6-12;2*1-2/h1-4H,5-8,11H2;2*1-2H3. The molecule has 1 aromatic rings. The zero-order chi connectivity index (χ0) is 13.8. The summed E-state index contributed by atoms with van der Waals surface area (Å²) < 4.78 is 2.42. The number of anilines is 1. The van der Waals surface area contributed by atoms with Crippen LogP contribution in [0.4, 0.5) is 5.69 Å². The Morgan fingerprint density at radius 1 is 1.00 bits per heavy atom. The summed E-state index contributed by atoms with van der Waals surface area (Å²) in [4.78, 5) is 1.28. The van der Waals surface area contributed by atoms with Gasteiger partial charge in [-0.25, -0.2) is 4.31 Å². The highest BCUT2D eigenvalue weighted by Crippen LogP contribution is 2.25. The predicted molar refractivity (Wildman–Crippen MR) is 88.3 cm³/mol. The van der Waals surface area contributed by atoms with Gasteiger partial charge in [-0.2, -0.15) is 11.8 Å². The molecule has 0 atom stereocenters. The Morgan fingerprint density at radius 3 is 2.00 bits per heavy atom. The number of rotatable bonds is 2. The third-order valence-electron chi connectivity index (χ3n) is 2.08. The minimum atomic E-state index is 0.837. The summed E-state index contributed by atoms with van der Waals surface area (Å²) in [6.45, 7) is 10.4. The van der Waals surface area contributed by atoms with Crippen LogP contribution < -0.4 is 5.73 Å². The Kier molecular flexibility index (Phi) is 11.5.